The molecule has 2 aliphatic rings. The summed E-state index contributed by atoms with van der Waals surface area (Å²) >= 11 is 8.09. The number of ether oxygens (including phenoxy) is 2. The fraction of sp³-hybridized carbons (Fsp3) is 0.423. The number of imide groups is 1. The van der Waals surface area contributed by atoms with Gasteiger partial charge in [-0.1, -0.05) is 23.4 Å². The first-order chi connectivity index (χ1) is 19.7. The number of nitrogens with two attached hydrogens (primary N) is 1. The van der Waals surface area contributed by atoms with E-state index in [4.69, 9.17) is 26.8 Å². The van der Waals surface area contributed by atoms with E-state index in [9.17, 15) is 24.0 Å². The molecule has 0 spiro atoms. The number of cyclic esters (lactones) is 1. The molecule has 0 bridgehead atoms. The summed E-state index contributed by atoms with van der Waals surface area (Å²) in [7, 11) is 0. The van der Waals surface area contributed by atoms with E-state index in [1.165, 1.54) is 29.2 Å². The van der Waals surface area contributed by atoms with Gasteiger partial charge in [0.15, 0.2) is 0 Å². The number of thioether (sulfide) groups is 1. The predicted molar refractivity (Wildman–Crippen MR) is 160 cm³/mol. The Kier molecular flexibility index (Phi) is 12.6. The van der Waals surface area contributed by atoms with Crippen molar-refractivity contribution in [2.75, 3.05) is 54.9 Å². The molecule has 0 unspecified atom stereocenters. The molecule has 2 saturated heterocycles. The van der Waals surface area contributed by atoms with Crippen molar-refractivity contribution in [1.29, 1.82) is 0 Å². The molecule has 0 aliphatic carbocycles. The topological polar surface area (TPSA) is 140 Å². The fourth-order valence-electron chi connectivity index (χ4n) is 4.31. The zero-order chi connectivity index (χ0) is 29.5. The Morgan fingerprint density at radius 1 is 1.17 bits per heavy atom. The van der Waals surface area contributed by atoms with Crippen LogP contribution in [-0.4, -0.2) is 85.1 Å². The molecule has 11 nitrogen and oxygen atoms in total. The maximum Gasteiger partial charge on any atom is 0.414 e. The Bertz CT molecular complexity index is 1330. The number of nitrogens with zero attached hydrogens (tertiary/aromatic N) is 3. The highest BCUT2D eigenvalue weighted by Crippen LogP contribution is 2.30. The number of halogens is 3. The van der Waals surface area contributed by atoms with Crippen molar-refractivity contribution in [3.63, 3.8) is 0 Å². The van der Waals surface area contributed by atoms with Crippen molar-refractivity contribution in [2.24, 2.45) is 5.73 Å². The molecule has 0 saturated carbocycles. The first-order valence-electron chi connectivity index (χ1n) is 12.8. The molecular weight excluding hydrogens is 634 g/mol. The van der Waals surface area contributed by atoms with Crippen LogP contribution in [0.1, 0.15) is 28.9 Å². The van der Waals surface area contributed by atoms with E-state index in [0.29, 0.717) is 35.2 Å². The van der Waals surface area contributed by atoms with Gasteiger partial charge in [-0.15, -0.1) is 23.7 Å². The lowest BCUT2D eigenvalue weighted by molar-refractivity contribution is -0.129. The third kappa shape index (κ3) is 8.42. The number of amides is 4. The van der Waals surface area contributed by atoms with Crippen molar-refractivity contribution in [3.05, 3.63) is 45.4 Å². The summed E-state index contributed by atoms with van der Waals surface area (Å²) in [5.74, 6) is -1.59. The molecule has 4 rings (SSSR count). The quantitative estimate of drug-likeness (QED) is 0.357. The molecule has 2 aliphatic heterocycles. The Labute approximate surface area is 260 Å². The van der Waals surface area contributed by atoms with Crippen molar-refractivity contribution in [2.45, 2.75) is 25.4 Å². The number of benzene rings is 1. The Morgan fingerprint density at radius 3 is 2.62 bits per heavy atom. The fourth-order valence-corrected chi connectivity index (χ4v) is 6.00. The normalized spacial score (nSPS) is 16.7. The standard InChI is InChI=1S/C26H28ClFN4O7S2.ClH/c27-21-7-6-20(41-21)25(36)32(22(33)3-1-2-10-40-24(35)12-29)14-17-13-31(26(37)39-17)19-5-4-16(11-18(19)28)30-8-9-38-15-23(30)34;/h4-7,11,17H,1-3,8-10,12-15,29H2;1H/t17-;/m1./s1. The molecule has 16 heteroatoms. The number of rotatable bonds is 11. The summed E-state index contributed by atoms with van der Waals surface area (Å²) in [6.07, 6.45) is -0.721. The van der Waals surface area contributed by atoms with Gasteiger partial charge in [-0.2, -0.15) is 0 Å². The second-order valence-corrected chi connectivity index (χ2v) is 12.0. The lowest BCUT2D eigenvalue weighted by Gasteiger charge is -2.27. The van der Waals surface area contributed by atoms with Gasteiger partial charge >= 0.3 is 6.09 Å². The van der Waals surface area contributed by atoms with Gasteiger partial charge in [-0.05, 0) is 43.2 Å². The van der Waals surface area contributed by atoms with E-state index in [1.807, 2.05) is 0 Å². The molecule has 42 heavy (non-hydrogen) atoms. The number of hydrogen-bond acceptors (Lipinski definition) is 10. The van der Waals surface area contributed by atoms with Crippen molar-refractivity contribution in [1.82, 2.24) is 4.90 Å². The lowest BCUT2D eigenvalue weighted by atomic mass is 10.2. The van der Waals surface area contributed by atoms with Crippen LogP contribution in [0, 0.1) is 5.82 Å². The molecule has 4 amide bonds. The Balaban J connectivity index is 0.00000484. The number of unbranched alkanes of at least 4 members (excludes halogenated alkanes) is 1. The van der Waals surface area contributed by atoms with Crippen LogP contribution in [0.15, 0.2) is 30.3 Å². The van der Waals surface area contributed by atoms with Crippen LogP contribution in [0.3, 0.4) is 0 Å². The molecule has 2 N–H and O–H groups in total. The molecule has 3 heterocycles. The van der Waals surface area contributed by atoms with Crippen molar-refractivity contribution >= 4 is 87.4 Å². The van der Waals surface area contributed by atoms with Crippen LogP contribution in [0.5, 0.6) is 0 Å². The largest absolute Gasteiger partial charge is 0.442 e. The van der Waals surface area contributed by atoms with Crippen molar-refractivity contribution in [3.8, 4) is 0 Å². The number of thiophene rings is 1. The average Bonchev–Trinajstić information content (AvgIpc) is 3.55. The molecule has 0 radical (unpaired) electrons. The third-order valence-corrected chi connectivity index (χ3v) is 8.53. The Hall–Kier alpha value is -2.75. The van der Waals surface area contributed by atoms with Gasteiger partial charge in [-0.25, -0.2) is 9.18 Å². The van der Waals surface area contributed by atoms with Crippen LogP contribution >= 0.6 is 47.1 Å². The third-order valence-electron chi connectivity index (χ3n) is 6.32. The van der Waals surface area contributed by atoms with Crippen LogP contribution in [-0.2, 0) is 23.9 Å². The van der Waals surface area contributed by atoms with E-state index in [2.05, 4.69) is 0 Å². The first-order valence-corrected chi connectivity index (χ1v) is 15.0. The molecule has 228 valence electrons. The second kappa shape index (κ2) is 15.6. The van der Waals surface area contributed by atoms with Crippen LogP contribution < -0.4 is 15.5 Å². The van der Waals surface area contributed by atoms with E-state index in [1.54, 1.807) is 6.07 Å². The zero-order valence-corrected chi connectivity index (χ0v) is 25.5. The summed E-state index contributed by atoms with van der Waals surface area (Å²) in [5, 5.41) is -0.143. The van der Waals surface area contributed by atoms with Crippen molar-refractivity contribution < 1.29 is 37.8 Å². The number of anilines is 2. The van der Waals surface area contributed by atoms with E-state index >= 15 is 4.39 Å². The lowest BCUT2D eigenvalue weighted by Crippen LogP contribution is -2.43. The number of hydrogen-bond donors (Lipinski definition) is 1. The Morgan fingerprint density at radius 2 is 1.95 bits per heavy atom. The van der Waals surface area contributed by atoms with Gasteiger partial charge in [-0.3, -0.25) is 29.0 Å². The molecule has 1 aromatic carbocycles. The van der Waals surface area contributed by atoms with Crippen LogP contribution in [0.4, 0.5) is 20.6 Å². The van der Waals surface area contributed by atoms with Gasteiger partial charge in [0.2, 0.25) is 11.0 Å². The number of carbonyl (C=O) groups is 5. The molecule has 1 aromatic heterocycles. The monoisotopic (exact) mass is 662 g/mol. The summed E-state index contributed by atoms with van der Waals surface area (Å²) in [4.78, 5) is 66.3. The highest BCUT2D eigenvalue weighted by Gasteiger charge is 2.37. The number of carbonyl (C=O) groups excluding carboxylic acids is 5. The maximum absolute atomic E-state index is 15.1. The van der Waals surface area contributed by atoms with Gasteiger partial charge in [0, 0.05) is 24.4 Å². The SMILES string of the molecule is Cl.NCC(=O)SCCCCC(=O)N(C[C@H]1CN(c2ccc(N3CCOCC3=O)cc2F)C(=O)O1)C(=O)c1ccc(Cl)s1. The van der Waals surface area contributed by atoms with Crippen LogP contribution in [0.25, 0.3) is 0 Å². The summed E-state index contributed by atoms with van der Waals surface area (Å²) in [6, 6.07) is 7.13. The maximum atomic E-state index is 15.1. The summed E-state index contributed by atoms with van der Waals surface area (Å²) in [5.41, 5.74) is 5.58. The average molecular weight is 664 g/mol. The highest BCUT2D eigenvalue weighted by molar-refractivity contribution is 8.13. The van der Waals surface area contributed by atoms with Gasteiger partial charge in [0.25, 0.3) is 11.8 Å². The highest BCUT2D eigenvalue weighted by atomic mass is 35.5. The first kappa shape index (κ1) is 33.7. The molecule has 2 aromatic rings. The smallest absolute Gasteiger partial charge is 0.414 e. The second-order valence-electron chi connectivity index (χ2n) is 9.15. The minimum atomic E-state index is -0.913. The molecule has 1 atom stereocenters. The zero-order valence-electron chi connectivity index (χ0n) is 22.3. The van der Waals surface area contributed by atoms with E-state index < -0.39 is 29.8 Å². The van der Waals surface area contributed by atoms with Crippen LogP contribution in [0.2, 0.25) is 4.34 Å². The minimum absolute atomic E-state index is 0. The van der Waals surface area contributed by atoms with Gasteiger partial charge in [0.05, 0.1) is 41.1 Å². The number of morpholine rings is 1. The van der Waals surface area contributed by atoms with Gasteiger partial charge in [0.1, 0.15) is 18.5 Å². The molecule has 2 fully saturated rings. The van der Waals surface area contributed by atoms with E-state index in [0.717, 1.165) is 32.9 Å². The molecular formula is C26H29Cl2FN4O7S2. The van der Waals surface area contributed by atoms with E-state index in [-0.39, 0.29) is 73.2 Å². The minimum Gasteiger partial charge on any atom is -0.442 e. The summed E-state index contributed by atoms with van der Waals surface area (Å²) < 4.78 is 26.0. The summed E-state index contributed by atoms with van der Waals surface area (Å²) in [6.45, 7) is 0.108. The predicted octanol–water partition coefficient (Wildman–Crippen LogP) is 3.71. The van der Waals surface area contributed by atoms with Gasteiger partial charge < -0.3 is 20.1 Å².